The molecule has 0 fully saturated rings. The van der Waals surface area contributed by atoms with Gasteiger partial charge in [-0.15, -0.1) is 0 Å². The quantitative estimate of drug-likeness (QED) is 0.307. The van der Waals surface area contributed by atoms with Gasteiger partial charge in [-0.3, -0.25) is 0 Å². The minimum Gasteiger partial charge on any atom is -0.0617 e. The summed E-state index contributed by atoms with van der Waals surface area (Å²) in [5.74, 6) is 0. The molecule has 6 rings (SSSR count). The van der Waals surface area contributed by atoms with E-state index in [-0.39, 0.29) is 0 Å². The van der Waals surface area contributed by atoms with Gasteiger partial charge in [0, 0.05) is 0 Å². The highest BCUT2D eigenvalue weighted by atomic mass is 14.2. The van der Waals surface area contributed by atoms with Gasteiger partial charge in [0.2, 0.25) is 0 Å². The van der Waals surface area contributed by atoms with Crippen LogP contribution in [-0.2, 0) is 38.5 Å². The van der Waals surface area contributed by atoms with Gasteiger partial charge < -0.3 is 0 Å². The minimum absolute atomic E-state index is 1.03. The Morgan fingerprint density at radius 3 is 2.24 bits per heavy atom. The van der Waals surface area contributed by atoms with Crippen LogP contribution in [0.4, 0.5) is 0 Å². The summed E-state index contributed by atoms with van der Waals surface area (Å²) in [6, 6.07) is 26.1. The SMILES string of the molecule is Cc1cc(Cc2cccc3c2CCCC3)cc2ccc(Cc3ccc4c(c3)CCCC4)cc12. The normalized spacial score (nSPS) is 15.3. The zero-order valence-electron chi connectivity index (χ0n) is 19.9. The number of hydrogen-bond donors (Lipinski definition) is 0. The lowest BCUT2D eigenvalue weighted by molar-refractivity contribution is 0.680. The summed E-state index contributed by atoms with van der Waals surface area (Å²) in [6.45, 7) is 2.29. The molecule has 2 aliphatic carbocycles. The van der Waals surface area contributed by atoms with Crippen molar-refractivity contribution in [3.05, 3.63) is 117 Å². The van der Waals surface area contributed by atoms with Crippen LogP contribution >= 0.6 is 0 Å². The maximum Gasteiger partial charge on any atom is -0.00226 e. The van der Waals surface area contributed by atoms with Crippen LogP contribution in [0.5, 0.6) is 0 Å². The second-order valence-electron chi connectivity index (χ2n) is 10.4. The van der Waals surface area contributed by atoms with E-state index in [2.05, 4.69) is 73.7 Å². The maximum atomic E-state index is 2.47. The highest BCUT2D eigenvalue weighted by Gasteiger charge is 2.14. The number of benzene rings is 4. The Kier molecular flexibility index (Phi) is 5.54. The first-order valence-corrected chi connectivity index (χ1v) is 13.0. The van der Waals surface area contributed by atoms with Crippen LogP contribution in [0.3, 0.4) is 0 Å². The average molecular weight is 431 g/mol. The molecule has 0 aromatic heterocycles. The third-order valence-corrected chi connectivity index (χ3v) is 7.99. The molecule has 0 N–H and O–H groups in total. The molecule has 0 unspecified atom stereocenters. The van der Waals surface area contributed by atoms with Crippen LogP contribution in [-0.4, -0.2) is 0 Å². The van der Waals surface area contributed by atoms with Crippen LogP contribution in [0.15, 0.2) is 66.7 Å². The molecule has 0 aliphatic heterocycles. The molecule has 0 saturated heterocycles. The Morgan fingerprint density at radius 1 is 0.576 bits per heavy atom. The van der Waals surface area contributed by atoms with E-state index in [4.69, 9.17) is 0 Å². The first kappa shape index (κ1) is 20.7. The van der Waals surface area contributed by atoms with Crippen molar-refractivity contribution in [2.45, 2.75) is 71.1 Å². The van der Waals surface area contributed by atoms with E-state index in [0.717, 1.165) is 12.8 Å². The second kappa shape index (κ2) is 8.82. The van der Waals surface area contributed by atoms with Crippen molar-refractivity contribution in [2.75, 3.05) is 0 Å². The molecule has 166 valence electrons. The Balaban J connectivity index is 1.27. The van der Waals surface area contributed by atoms with Crippen LogP contribution in [0, 0.1) is 6.92 Å². The third-order valence-electron chi connectivity index (χ3n) is 7.99. The molecule has 0 radical (unpaired) electrons. The van der Waals surface area contributed by atoms with Crippen molar-refractivity contribution in [3.63, 3.8) is 0 Å². The van der Waals surface area contributed by atoms with E-state index in [0.29, 0.717) is 0 Å². The summed E-state index contributed by atoms with van der Waals surface area (Å²) in [6.07, 6.45) is 12.5. The molecule has 0 bridgehead atoms. The van der Waals surface area contributed by atoms with Gasteiger partial charge in [-0.05, 0) is 132 Å². The molecule has 0 saturated carbocycles. The van der Waals surface area contributed by atoms with E-state index in [1.54, 1.807) is 22.3 Å². The van der Waals surface area contributed by atoms with Crippen LogP contribution in [0.25, 0.3) is 10.8 Å². The fourth-order valence-corrected chi connectivity index (χ4v) is 6.26. The van der Waals surface area contributed by atoms with Gasteiger partial charge in [-0.2, -0.15) is 0 Å². The molecule has 0 atom stereocenters. The van der Waals surface area contributed by atoms with Gasteiger partial charge in [0.1, 0.15) is 0 Å². The molecule has 0 spiro atoms. The monoisotopic (exact) mass is 430 g/mol. The number of fused-ring (bicyclic) bond motifs is 3. The van der Waals surface area contributed by atoms with Crippen LogP contribution < -0.4 is 0 Å². The molecule has 4 aromatic carbocycles. The van der Waals surface area contributed by atoms with Crippen LogP contribution in [0.2, 0.25) is 0 Å². The first-order valence-electron chi connectivity index (χ1n) is 13.0. The van der Waals surface area contributed by atoms with Gasteiger partial charge in [-0.25, -0.2) is 0 Å². The molecule has 33 heavy (non-hydrogen) atoms. The second-order valence-corrected chi connectivity index (χ2v) is 10.4. The van der Waals surface area contributed by atoms with Crippen molar-refractivity contribution < 1.29 is 0 Å². The van der Waals surface area contributed by atoms with Crippen molar-refractivity contribution >= 4 is 10.8 Å². The standard InChI is InChI=1S/C33H34/c1-23-17-26(20-30-11-6-10-28-8-4-5-12-32(28)30)21-31-16-14-25(22-33(23)31)18-24-13-15-27-7-2-3-9-29(27)19-24/h6,10-11,13-17,19,21-22H,2-5,7-9,12,18,20H2,1H3. The number of rotatable bonds is 4. The van der Waals surface area contributed by atoms with E-state index in [1.807, 2.05) is 0 Å². The van der Waals surface area contributed by atoms with Crippen molar-refractivity contribution in [2.24, 2.45) is 0 Å². The summed E-state index contributed by atoms with van der Waals surface area (Å²) in [5.41, 5.74) is 13.6. The fourth-order valence-electron chi connectivity index (χ4n) is 6.26. The third kappa shape index (κ3) is 4.24. The molecular weight excluding hydrogens is 396 g/mol. The van der Waals surface area contributed by atoms with E-state index >= 15 is 0 Å². The van der Waals surface area contributed by atoms with Crippen molar-refractivity contribution in [3.8, 4) is 0 Å². The lowest BCUT2D eigenvalue weighted by atomic mass is 9.85. The van der Waals surface area contributed by atoms with Gasteiger partial charge in [0.25, 0.3) is 0 Å². The summed E-state index contributed by atoms with van der Waals surface area (Å²) < 4.78 is 0. The van der Waals surface area contributed by atoms with Crippen molar-refractivity contribution in [1.82, 2.24) is 0 Å². The van der Waals surface area contributed by atoms with E-state index in [9.17, 15) is 0 Å². The largest absolute Gasteiger partial charge is 0.0617 e. The Morgan fingerprint density at radius 2 is 1.33 bits per heavy atom. The van der Waals surface area contributed by atoms with Gasteiger partial charge in [0.05, 0.1) is 0 Å². The molecule has 0 heteroatoms. The minimum atomic E-state index is 1.03. The smallest absolute Gasteiger partial charge is 0.00226 e. The van der Waals surface area contributed by atoms with Gasteiger partial charge in [0.15, 0.2) is 0 Å². The molecule has 4 aromatic rings. The summed E-state index contributed by atoms with van der Waals surface area (Å²) in [7, 11) is 0. The van der Waals surface area contributed by atoms with E-state index < -0.39 is 0 Å². The summed E-state index contributed by atoms with van der Waals surface area (Å²) >= 11 is 0. The predicted octanol–water partition coefficient (Wildman–Crippen LogP) is 8.09. The molecule has 2 aliphatic rings. The van der Waals surface area contributed by atoms with E-state index in [1.165, 1.54) is 90.0 Å². The number of hydrogen-bond acceptors (Lipinski definition) is 0. The Hall–Kier alpha value is -2.86. The number of aryl methyl sites for hydroxylation is 4. The molecular formula is C33H34. The zero-order valence-corrected chi connectivity index (χ0v) is 19.9. The van der Waals surface area contributed by atoms with Crippen LogP contribution in [0.1, 0.15) is 75.8 Å². The average Bonchev–Trinajstić information content (AvgIpc) is 2.85. The molecule has 0 nitrogen and oxygen atoms in total. The summed E-state index contributed by atoms with van der Waals surface area (Å²) in [5, 5.41) is 2.79. The van der Waals surface area contributed by atoms with Crippen molar-refractivity contribution in [1.29, 1.82) is 0 Å². The first-order chi connectivity index (χ1) is 16.2. The molecule has 0 amide bonds. The maximum absolute atomic E-state index is 2.47. The highest BCUT2D eigenvalue weighted by molar-refractivity contribution is 5.87. The predicted molar refractivity (Wildman–Crippen MR) is 140 cm³/mol. The Bertz CT molecular complexity index is 1320. The molecule has 0 heterocycles. The highest BCUT2D eigenvalue weighted by Crippen LogP contribution is 2.29. The fraction of sp³-hybridized carbons (Fsp3) is 0.333. The summed E-state index contributed by atoms with van der Waals surface area (Å²) in [4.78, 5) is 0. The lowest BCUT2D eigenvalue weighted by Gasteiger charge is -2.20. The van der Waals surface area contributed by atoms with Gasteiger partial charge in [-0.1, -0.05) is 66.7 Å². The van der Waals surface area contributed by atoms with Gasteiger partial charge >= 0.3 is 0 Å². The topological polar surface area (TPSA) is 0 Å². The Labute approximate surface area is 198 Å². The zero-order chi connectivity index (χ0) is 22.2. The lowest BCUT2D eigenvalue weighted by Crippen LogP contribution is -2.06.